The Labute approximate surface area is 136 Å². The first-order valence-corrected chi connectivity index (χ1v) is 8.59. The van der Waals surface area contributed by atoms with Gasteiger partial charge in [0.1, 0.15) is 0 Å². The summed E-state index contributed by atoms with van der Waals surface area (Å²) >= 11 is 1.68. The molecule has 2 aromatic rings. The maximum atomic E-state index is 12.2. The molecule has 0 aliphatic heterocycles. The van der Waals surface area contributed by atoms with Crippen molar-refractivity contribution in [1.29, 1.82) is 0 Å². The zero-order valence-corrected chi connectivity index (χ0v) is 14.9. The highest BCUT2D eigenvalue weighted by Crippen LogP contribution is 2.17. The first-order valence-electron chi connectivity index (χ1n) is 7.71. The van der Waals surface area contributed by atoms with Crippen molar-refractivity contribution >= 4 is 17.2 Å². The number of nitrogens with zero attached hydrogens (tertiary/aromatic N) is 2. The second-order valence-electron chi connectivity index (χ2n) is 6.21. The van der Waals surface area contributed by atoms with Gasteiger partial charge in [0.25, 0.3) is 0 Å². The van der Waals surface area contributed by atoms with Crippen LogP contribution < -0.4 is 5.32 Å². The van der Waals surface area contributed by atoms with E-state index in [0.717, 1.165) is 23.5 Å². The molecule has 0 bridgehead atoms. The number of aromatic nitrogens is 2. The van der Waals surface area contributed by atoms with Crippen LogP contribution in [-0.2, 0) is 24.3 Å². The monoisotopic (exact) mass is 319 g/mol. The van der Waals surface area contributed by atoms with Crippen LogP contribution in [0.1, 0.15) is 41.2 Å². The molecule has 0 aliphatic rings. The molecule has 1 amide bonds. The standard InChI is InChI=1S/C17H25N3OS/c1-11(2)10-20-14(5)15(13(4)19-20)8-17(21)18-9-16-12(3)6-7-22-16/h6-7,11H,8-10H2,1-5H3,(H,18,21). The summed E-state index contributed by atoms with van der Waals surface area (Å²) in [6, 6.07) is 2.08. The SMILES string of the molecule is Cc1ccsc1CNC(=O)Cc1c(C)nn(CC(C)C)c1C. The van der Waals surface area contributed by atoms with Crippen molar-refractivity contribution in [3.05, 3.63) is 38.8 Å². The van der Waals surface area contributed by atoms with Gasteiger partial charge in [0.2, 0.25) is 5.91 Å². The topological polar surface area (TPSA) is 46.9 Å². The minimum atomic E-state index is 0.0584. The van der Waals surface area contributed by atoms with Gasteiger partial charge in [-0.3, -0.25) is 9.48 Å². The second kappa shape index (κ2) is 7.09. The summed E-state index contributed by atoms with van der Waals surface area (Å²) in [5.74, 6) is 0.601. The molecule has 120 valence electrons. The number of carbonyl (C=O) groups excluding carboxylic acids is 1. The van der Waals surface area contributed by atoms with Gasteiger partial charge in [-0.1, -0.05) is 13.8 Å². The van der Waals surface area contributed by atoms with Crippen LogP contribution in [0.2, 0.25) is 0 Å². The minimum absolute atomic E-state index is 0.0584. The molecule has 5 heteroatoms. The third-order valence-electron chi connectivity index (χ3n) is 3.82. The van der Waals surface area contributed by atoms with E-state index in [1.54, 1.807) is 11.3 Å². The fourth-order valence-corrected chi connectivity index (χ4v) is 3.35. The molecule has 2 aromatic heterocycles. The summed E-state index contributed by atoms with van der Waals surface area (Å²) in [6.07, 6.45) is 0.403. The highest BCUT2D eigenvalue weighted by atomic mass is 32.1. The van der Waals surface area contributed by atoms with E-state index in [1.807, 2.05) is 11.6 Å². The highest BCUT2D eigenvalue weighted by molar-refractivity contribution is 7.10. The Balaban J connectivity index is 1.99. The lowest BCUT2D eigenvalue weighted by molar-refractivity contribution is -0.120. The maximum Gasteiger partial charge on any atom is 0.224 e. The van der Waals surface area contributed by atoms with Crippen LogP contribution in [0, 0.1) is 26.7 Å². The van der Waals surface area contributed by atoms with Crippen molar-refractivity contribution in [2.24, 2.45) is 5.92 Å². The van der Waals surface area contributed by atoms with E-state index < -0.39 is 0 Å². The van der Waals surface area contributed by atoms with Crippen molar-refractivity contribution in [1.82, 2.24) is 15.1 Å². The largest absolute Gasteiger partial charge is 0.351 e. The second-order valence-corrected chi connectivity index (χ2v) is 7.21. The number of thiophene rings is 1. The molecular formula is C17H25N3OS. The van der Waals surface area contributed by atoms with E-state index >= 15 is 0 Å². The predicted molar refractivity (Wildman–Crippen MR) is 91.1 cm³/mol. The summed E-state index contributed by atoms with van der Waals surface area (Å²) in [5, 5.41) is 9.64. The molecule has 0 aromatic carbocycles. The molecule has 0 radical (unpaired) electrons. The number of rotatable bonds is 6. The van der Waals surface area contributed by atoms with Crippen molar-refractivity contribution in [2.45, 2.75) is 54.1 Å². The molecule has 0 fully saturated rings. The molecular weight excluding hydrogens is 294 g/mol. The fraction of sp³-hybridized carbons (Fsp3) is 0.529. The van der Waals surface area contributed by atoms with Gasteiger partial charge in [0, 0.05) is 22.7 Å². The van der Waals surface area contributed by atoms with Crippen molar-refractivity contribution in [3.63, 3.8) is 0 Å². The highest BCUT2D eigenvalue weighted by Gasteiger charge is 2.15. The van der Waals surface area contributed by atoms with Gasteiger partial charge in [0.05, 0.1) is 18.7 Å². The molecule has 2 heterocycles. The lowest BCUT2D eigenvalue weighted by Gasteiger charge is -2.08. The van der Waals surface area contributed by atoms with Crippen molar-refractivity contribution in [2.75, 3.05) is 0 Å². The quantitative estimate of drug-likeness (QED) is 0.887. The number of aryl methyl sites for hydroxylation is 2. The Morgan fingerprint density at radius 3 is 2.68 bits per heavy atom. The predicted octanol–water partition coefficient (Wildman–Crippen LogP) is 3.38. The van der Waals surface area contributed by atoms with E-state index in [4.69, 9.17) is 0 Å². The molecule has 0 saturated heterocycles. The minimum Gasteiger partial charge on any atom is -0.351 e. The first-order chi connectivity index (χ1) is 10.4. The Bertz CT molecular complexity index is 655. The van der Waals surface area contributed by atoms with Crippen molar-refractivity contribution < 1.29 is 4.79 Å². The summed E-state index contributed by atoms with van der Waals surface area (Å²) in [4.78, 5) is 13.4. The molecule has 22 heavy (non-hydrogen) atoms. The summed E-state index contributed by atoms with van der Waals surface area (Å²) in [5.41, 5.74) is 4.36. The lowest BCUT2D eigenvalue weighted by Crippen LogP contribution is -2.25. The summed E-state index contributed by atoms with van der Waals surface area (Å²) in [7, 11) is 0. The zero-order valence-electron chi connectivity index (χ0n) is 14.1. The molecule has 4 nitrogen and oxygen atoms in total. The van der Waals surface area contributed by atoms with Crippen LogP contribution in [-0.4, -0.2) is 15.7 Å². The van der Waals surface area contributed by atoms with E-state index in [9.17, 15) is 4.79 Å². The van der Waals surface area contributed by atoms with E-state index in [-0.39, 0.29) is 5.91 Å². The number of carbonyl (C=O) groups is 1. The maximum absolute atomic E-state index is 12.2. The van der Waals surface area contributed by atoms with Crippen LogP contribution in [0.25, 0.3) is 0 Å². The Morgan fingerprint density at radius 1 is 1.36 bits per heavy atom. The number of amides is 1. The molecule has 0 spiro atoms. The van der Waals surface area contributed by atoms with Gasteiger partial charge in [0.15, 0.2) is 0 Å². The normalized spacial score (nSPS) is 11.2. The summed E-state index contributed by atoms with van der Waals surface area (Å²) < 4.78 is 2.02. The third kappa shape index (κ3) is 3.97. The fourth-order valence-electron chi connectivity index (χ4n) is 2.50. The molecule has 0 atom stereocenters. The van der Waals surface area contributed by atoms with Gasteiger partial charge < -0.3 is 5.32 Å². The van der Waals surface area contributed by atoms with E-state index in [1.165, 1.54) is 10.4 Å². The zero-order chi connectivity index (χ0) is 16.3. The molecule has 0 aliphatic carbocycles. The Morgan fingerprint density at radius 2 is 2.09 bits per heavy atom. The Hall–Kier alpha value is -1.62. The number of hydrogen-bond donors (Lipinski definition) is 1. The average Bonchev–Trinajstić information content (AvgIpc) is 2.95. The van der Waals surface area contributed by atoms with Crippen LogP contribution >= 0.6 is 11.3 Å². The average molecular weight is 319 g/mol. The molecule has 2 rings (SSSR count). The first kappa shape index (κ1) is 16.7. The van der Waals surface area contributed by atoms with Crippen LogP contribution in [0.3, 0.4) is 0 Å². The van der Waals surface area contributed by atoms with E-state index in [2.05, 4.69) is 49.6 Å². The van der Waals surface area contributed by atoms with Gasteiger partial charge >= 0.3 is 0 Å². The van der Waals surface area contributed by atoms with Gasteiger partial charge in [-0.25, -0.2) is 0 Å². The Kier molecular flexibility index (Phi) is 5.40. The van der Waals surface area contributed by atoms with Crippen LogP contribution in [0.4, 0.5) is 0 Å². The van der Waals surface area contributed by atoms with E-state index in [0.29, 0.717) is 18.9 Å². The van der Waals surface area contributed by atoms with Gasteiger partial charge in [-0.2, -0.15) is 5.10 Å². The molecule has 1 N–H and O–H groups in total. The molecule has 0 saturated carbocycles. The van der Waals surface area contributed by atoms with Crippen LogP contribution in [0.5, 0.6) is 0 Å². The van der Waals surface area contributed by atoms with Gasteiger partial charge in [-0.15, -0.1) is 11.3 Å². The van der Waals surface area contributed by atoms with Crippen LogP contribution in [0.15, 0.2) is 11.4 Å². The van der Waals surface area contributed by atoms with Gasteiger partial charge in [-0.05, 0) is 43.7 Å². The lowest BCUT2D eigenvalue weighted by atomic mass is 10.1. The molecule has 0 unspecified atom stereocenters. The number of hydrogen-bond acceptors (Lipinski definition) is 3. The third-order valence-corrected chi connectivity index (χ3v) is 4.84. The van der Waals surface area contributed by atoms with Crippen molar-refractivity contribution in [3.8, 4) is 0 Å². The summed E-state index contributed by atoms with van der Waals surface area (Å²) in [6.45, 7) is 12.0. The number of nitrogens with one attached hydrogen (secondary N) is 1. The smallest absolute Gasteiger partial charge is 0.224 e.